The Morgan fingerprint density at radius 3 is 3.05 bits per heavy atom. The number of carbonyl (C=O) groups is 1. The number of nitrogens with zero attached hydrogens (tertiary/aromatic N) is 3. The van der Waals surface area contributed by atoms with E-state index in [0.29, 0.717) is 0 Å². The first kappa shape index (κ1) is 13.3. The van der Waals surface area contributed by atoms with Crippen LogP contribution in [0.3, 0.4) is 0 Å². The van der Waals surface area contributed by atoms with Gasteiger partial charge >= 0.3 is 11.7 Å². The number of hydrogen-bond donors (Lipinski definition) is 0. The summed E-state index contributed by atoms with van der Waals surface area (Å²) in [6.45, 7) is 0.275. The first-order valence-electron chi connectivity index (χ1n) is 6.08. The first-order chi connectivity index (χ1) is 9.08. The van der Waals surface area contributed by atoms with Gasteiger partial charge in [0.15, 0.2) is 0 Å². The zero-order valence-electron chi connectivity index (χ0n) is 10.6. The minimum Gasteiger partial charge on any atom is -0.460 e. The molecule has 1 heterocycles. The Hall–Kier alpha value is -2.18. The van der Waals surface area contributed by atoms with Gasteiger partial charge in [-0.05, 0) is 25.2 Å². The molecule has 1 aliphatic rings. The van der Waals surface area contributed by atoms with Crippen molar-refractivity contribution in [2.75, 3.05) is 6.61 Å². The van der Waals surface area contributed by atoms with Gasteiger partial charge in [0.25, 0.3) is 0 Å². The second-order valence-corrected chi connectivity index (χ2v) is 4.54. The number of hydrogen-bond acceptors (Lipinski definition) is 5. The van der Waals surface area contributed by atoms with E-state index in [4.69, 9.17) is 4.74 Å². The molecule has 0 N–H and O–H groups in total. The van der Waals surface area contributed by atoms with Gasteiger partial charge in [0.05, 0.1) is 11.5 Å². The molecular formula is C12H15N3O4. The van der Waals surface area contributed by atoms with Crippen LogP contribution >= 0.6 is 0 Å². The summed E-state index contributed by atoms with van der Waals surface area (Å²) in [6.07, 6.45) is 8.17. The van der Waals surface area contributed by atoms with Crippen molar-refractivity contribution in [3.63, 3.8) is 0 Å². The molecule has 0 radical (unpaired) electrons. The molecule has 2 rings (SSSR count). The van der Waals surface area contributed by atoms with Gasteiger partial charge in [-0.2, -0.15) is 5.10 Å². The van der Waals surface area contributed by atoms with Crippen molar-refractivity contribution in [2.24, 2.45) is 13.0 Å². The molecule has 0 bridgehead atoms. The van der Waals surface area contributed by atoms with Gasteiger partial charge < -0.3 is 4.74 Å². The predicted octanol–water partition coefficient (Wildman–Crippen LogP) is 1.84. The Balaban J connectivity index is 1.99. The van der Waals surface area contributed by atoms with Crippen molar-refractivity contribution in [1.29, 1.82) is 0 Å². The lowest BCUT2D eigenvalue weighted by molar-refractivity contribution is -0.385. The zero-order valence-corrected chi connectivity index (χ0v) is 10.6. The van der Waals surface area contributed by atoms with Crippen molar-refractivity contribution in [3.05, 3.63) is 34.2 Å². The van der Waals surface area contributed by atoms with Gasteiger partial charge in [-0.15, -0.1) is 0 Å². The SMILES string of the molecule is Cn1cc([N+](=O)[O-])c(C(=O)OC[C@H]2CC=CCC2)n1. The Labute approximate surface area is 110 Å². The average Bonchev–Trinajstić information content (AvgIpc) is 2.79. The minimum atomic E-state index is -0.734. The van der Waals surface area contributed by atoms with Crippen LogP contribution in [-0.2, 0) is 11.8 Å². The van der Waals surface area contributed by atoms with Crippen molar-refractivity contribution < 1.29 is 14.5 Å². The lowest BCUT2D eigenvalue weighted by atomic mass is 9.95. The molecule has 0 saturated carbocycles. The fourth-order valence-corrected chi connectivity index (χ4v) is 2.02. The van der Waals surface area contributed by atoms with E-state index in [1.54, 1.807) is 0 Å². The number of carbonyl (C=O) groups excluding carboxylic acids is 1. The van der Waals surface area contributed by atoms with Gasteiger partial charge in [-0.25, -0.2) is 4.79 Å². The largest absolute Gasteiger partial charge is 0.460 e. The van der Waals surface area contributed by atoms with Crippen LogP contribution in [-0.4, -0.2) is 27.3 Å². The van der Waals surface area contributed by atoms with Gasteiger partial charge in [-0.1, -0.05) is 12.2 Å². The summed E-state index contributed by atoms with van der Waals surface area (Å²) >= 11 is 0. The Morgan fingerprint density at radius 1 is 1.63 bits per heavy atom. The quantitative estimate of drug-likeness (QED) is 0.359. The maximum atomic E-state index is 11.8. The monoisotopic (exact) mass is 265 g/mol. The summed E-state index contributed by atoms with van der Waals surface area (Å²) in [7, 11) is 1.52. The minimum absolute atomic E-state index is 0.237. The van der Waals surface area contributed by atoms with Gasteiger partial charge in [-0.3, -0.25) is 14.8 Å². The fraction of sp³-hybridized carbons (Fsp3) is 0.500. The van der Waals surface area contributed by atoms with E-state index >= 15 is 0 Å². The zero-order chi connectivity index (χ0) is 13.8. The van der Waals surface area contributed by atoms with Gasteiger partial charge in [0.2, 0.25) is 5.69 Å². The highest BCUT2D eigenvalue weighted by molar-refractivity contribution is 5.91. The van der Waals surface area contributed by atoms with E-state index in [0.717, 1.165) is 19.3 Å². The van der Waals surface area contributed by atoms with Crippen LogP contribution in [0.25, 0.3) is 0 Å². The molecule has 0 aliphatic heterocycles. The topological polar surface area (TPSA) is 87.3 Å². The number of nitro groups is 1. The van der Waals surface area contributed by atoms with Crippen LogP contribution in [0.1, 0.15) is 29.8 Å². The standard InChI is InChI=1S/C12H15N3O4/c1-14-7-10(15(17)18)11(13-14)12(16)19-8-9-5-3-2-4-6-9/h2-3,7,9H,4-6,8H2,1H3/t9-/m0/s1. The Bertz CT molecular complexity index is 521. The summed E-state index contributed by atoms with van der Waals surface area (Å²) in [6, 6.07) is 0. The van der Waals surface area contributed by atoms with Gasteiger partial charge in [0, 0.05) is 7.05 Å². The second-order valence-electron chi connectivity index (χ2n) is 4.54. The molecule has 0 amide bonds. The molecule has 1 aromatic heterocycles. The molecule has 0 spiro atoms. The fourth-order valence-electron chi connectivity index (χ4n) is 2.02. The normalized spacial score (nSPS) is 18.3. The molecule has 102 valence electrons. The van der Waals surface area contributed by atoms with Crippen LogP contribution < -0.4 is 0 Å². The van der Waals surface area contributed by atoms with Crippen LogP contribution in [0.15, 0.2) is 18.3 Å². The number of ether oxygens (including phenoxy) is 1. The molecule has 0 aromatic carbocycles. The highest BCUT2D eigenvalue weighted by atomic mass is 16.6. The molecule has 0 fully saturated rings. The molecule has 1 atom stereocenters. The van der Waals surface area contributed by atoms with E-state index in [1.807, 2.05) is 0 Å². The van der Waals surface area contributed by atoms with Crippen LogP contribution in [0.4, 0.5) is 5.69 Å². The predicted molar refractivity (Wildman–Crippen MR) is 66.6 cm³/mol. The summed E-state index contributed by atoms with van der Waals surface area (Å²) in [5, 5.41) is 14.6. The van der Waals surface area contributed by atoms with Gasteiger partial charge in [0.1, 0.15) is 6.20 Å². The van der Waals surface area contributed by atoms with E-state index in [-0.39, 0.29) is 23.9 Å². The third-order valence-corrected chi connectivity index (χ3v) is 3.03. The Morgan fingerprint density at radius 2 is 2.42 bits per heavy atom. The average molecular weight is 265 g/mol. The summed E-state index contributed by atoms with van der Waals surface area (Å²) in [5.74, 6) is -0.446. The van der Waals surface area contributed by atoms with E-state index in [1.165, 1.54) is 17.9 Å². The maximum Gasteiger partial charge on any atom is 0.366 e. The molecule has 19 heavy (non-hydrogen) atoms. The van der Waals surface area contributed by atoms with Crippen molar-refractivity contribution in [1.82, 2.24) is 9.78 Å². The molecule has 1 aliphatic carbocycles. The third-order valence-electron chi connectivity index (χ3n) is 3.03. The smallest absolute Gasteiger partial charge is 0.366 e. The summed E-state index contributed by atoms with van der Waals surface area (Å²) in [5.41, 5.74) is -0.560. The highest BCUT2D eigenvalue weighted by Gasteiger charge is 2.26. The highest BCUT2D eigenvalue weighted by Crippen LogP contribution is 2.20. The second kappa shape index (κ2) is 5.64. The van der Waals surface area contributed by atoms with E-state index in [9.17, 15) is 14.9 Å². The first-order valence-corrected chi connectivity index (χ1v) is 6.08. The maximum absolute atomic E-state index is 11.8. The summed E-state index contributed by atoms with van der Waals surface area (Å²) < 4.78 is 6.35. The molecule has 7 nitrogen and oxygen atoms in total. The van der Waals surface area contributed by atoms with Crippen LogP contribution in [0, 0.1) is 16.0 Å². The lowest BCUT2D eigenvalue weighted by Crippen LogP contribution is -2.16. The molecule has 0 saturated heterocycles. The molecule has 7 heteroatoms. The van der Waals surface area contributed by atoms with Crippen LogP contribution in [0.5, 0.6) is 0 Å². The van der Waals surface area contributed by atoms with Crippen molar-refractivity contribution in [2.45, 2.75) is 19.3 Å². The number of aryl methyl sites for hydroxylation is 1. The lowest BCUT2D eigenvalue weighted by Gasteiger charge is -2.16. The number of allylic oxidation sites excluding steroid dienone is 2. The van der Waals surface area contributed by atoms with Crippen molar-refractivity contribution >= 4 is 11.7 Å². The molecular weight excluding hydrogens is 250 g/mol. The number of aromatic nitrogens is 2. The third kappa shape index (κ3) is 3.18. The summed E-state index contributed by atoms with van der Waals surface area (Å²) in [4.78, 5) is 22.0. The number of rotatable bonds is 4. The van der Waals surface area contributed by atoms with Crippen molar-refractivity contribution in [3.8, 4) is 0 Å². The van der Waals surface area contributed by atoms with E-state index in [2.05, 4.69) is 17.3 Å². The Kier molecular flexibility index (Phi) is 3.94. The van der Waals surface area contributed by atoms with Crippen LogP contribution in [0.2, 0.25) is 0 Å². The van der Waals surface area contributed by atoms with E-state index < -0.39 is 10.9 Å². The molecule has 0 unspecified atom stereocenters. The molecule has 1 aromatic rings. The number of esters is 1.